The summed E-state index contributed by atoms with van der Waals surface area (Å²) in [7, 11) is 0. The highest BCUT2D eigenvalue weighted by atomic mass is 32.2. The Hall–Kier alpha value is 0.0500. The zero-order valence-electron chi connectivity index (χ0n) is 5.48. The lowest BCUT2D eigenvalue weighted by molar-refractivity contribution is 0.757. The Balaban J connectivity index is 3.76. The van der Waals surface area contributed by atoms with E-state index in [4.69, 9.17) is 5.14 Å². The predicted molar refractivity (Wildman–Crippen MR) is 40.7 cm³/mol. The Morgan fingerprint density at radius 2 is 2.38 bits per heavy atom. The van der Waals surface area contributed by atoms with Crippen molar-refractivity contribution in [3.05, 3.63) is 12.7 Å². The van der Waals surface area contributed by atoms with Crippen LogP contribution in [-0.4, -0.2) is 4.75 Å². The molecule has 2 N–H and O–H groups in total. The normalized spacial score (nSPS) is 17.4. The third-order valence-electron chi connectivity index (χ3n) is 1.40. The van der Waals surface area contributed by atoms with Crippen LogP contribution in [0, 0.1) is 0 Å². The highest BCUT2D eigenvalue weighted by Crippen LogP contribution is 2.23. The zero-order chi connectivity index (χ0) is 6.62. The maximum absolute atomic E-state index is 5.37. The van der Waals surface area contributed by atoms with E-state index in [2.05, 4.69) is 20.4 Å². The van der Waals surface area contributed by atoms with Crippen molar-refractivity contribution in [3.8, 4) is 0 Å². The summed E-state index contributed by atoms with van der Waals surface area (Å²) in [5.41, 5.74) is 0. The molecule has 0 aliphatic heterocycles. The van der Waals surface area contributed by atoms with Gasteiger partial charge in [-0.1, -0.05) is 24.9 Å². The van der Waals surface area contributed by atoms with Crippen molar-refractivity contribution >= 4 is 11.9 Å². The van der Waals surface area contributed by atoms with Crippen LogP contribution in [-0.2, 0) is 0 Å². The molecule has 0 saturated carbocycles. The van der Waals surface area contributed by atoms with Crippen LogP contribution < -0.4 is 5.14 Å². The maximum Gasteiger partial charge on any atom is 0.0448 e. The van der Waals surface area contributed by atoms with E-state index in [1.165, 1.54) is 11.9 Å². The lowest BCUT2D eigenvalue weighted by Gasteiger charge is -2.18. The van der Waals surface area contributed by atoms with Crippen LogP contribution in [0.5, 0.6) is 0 Å². The molecule has 0 fully saturated rings. The van der Waals surface area contributed by atoms with Gasteiger partial charge in [0.15, 0.2) is 0 Å². The second-order valence-corrected chi connectivity index (χ2v) is 3.16. The smallest absolute Gasteiger partial charge is 0.0448 e. The van der Waals surface area contributed by atoms with Gasteiger partial charge < -0.3 is 0 Å². The molecule has 0 aromatic heterocycles. The SMILES string of the molecule is C=CC(C)(CC)SN. The van der Waals surface area contributed by atoms with E-state index in [9.17, 15) is 0 Å². The van der Waals surface area contributed by atoms with Crippen LogP contribution >= 0.6 is 11.9 Å². The molecule has 2 heteroatoms. The summed E-state index contributed by atoms with van der Waals surface area (Å²) in [4.78, 5) is 0. The van der Waals surface area contributed by atoms with Crippen molar-refractivity contribution in [3.63, 3.8) is 0 Å². The van der Waals surface area contributed by atoms with Crippen molar-refractivity contribution in [1.29, 1.82) is 0 Å². The van der Waals surface area contributed by atoms with Gasteiger partial charge in [0.2, 0.25) is 0 Å². The first-order chi connectivity index (χ1) is 3.68. The molecule has 1 unspecified atom stereocenters. The first kappa shape index (κ1) is 8.05. The van der Waals surface area contributed by atoms with E-state index in [1.807, 2.05) is 6.08 Å². The second-order valence-electron chi connectivity index (χ2n) is 1.99. The van der Waals surface area contributed by atoms with Gasteiger partial charge in [-0.25, -0.2) is 0 Å². The fourth-order valence-corrected chi connectivity index (χ4v) is 0.539. The van der Waals surface area contributed by atoms with Crippen LogP contribution in [0.2, 0.25) is 0 Å². The van der Waals surface area contributed by atoms with Crippen LogP contribution in [0.4, 0.5) is 0 Å². The first-order valence-corrected chi connectivity index (χ1v) is 3.58. The molecule has 0 aliphatic carbocycles. The molecular formula is C6H13NS. The average molecular weight is 131 g/mol. The van der Waals surface area contributed by atoms with Crippen molar-refractivity contribution < 1.29 is 0 Å². The predicted octanol–water partition coefficient (Wildman–Crippen LogP) is 1.95. The van der Waals surface area contributed by atoms with Gasteiger partial charge in [-0.15, -0.1) is 6.58 Å². The van der Waals surface area contributed by atoms with Gasteiger partial charge in [-0.05, 0) is 13.3 Å². The highest BCUT2D eigenvalue weighted by Gasteiger charge is 2.14. The number of hydrogen-bond acceptors (Lipinski definition) is 2. The van der Waals surface area contributed by atoms with Crippen molar-refractivity contribution in [2.75, 3.05) is 0 Å². The third kappa shape index (κ3) is 1.88. The molecule has 0 saturated heterocycles. The van der Waals surface area contributed by atoms with Crippen LogP contribution in [0.15, 0.2) is 12.7 Å². The van der Waals surface area contributed by atoms with Gasteiger partial charge in [0, 0.05) is 4.75 Å². The summed E-state index contributed by atoms with van der Waals surface area (Å²) in [6.07, 6.45) is 2.93. The van der Waals surface area contributed by atoms with Gasteiger partial charge >= 0.3 is 0 Å². The molecule has 0 rings (SSSR count). The molecule has 0 aliphatic rings. The summed E-state index contributed by atoms with van der Waals surface area (Å²) in [6.45, 7) is 7.85. The molecule has 0 aromatic carbocycles. The van der Waals surface area contributed by atoms with Crippen molar-refractivity contribution in [2.24, 2.45) is 5.14 Å². The van der Waals surface area contributed by atoms with E-state index in [0.717, 1.165) is 6.42 Å². The summed E-state index contributed by atoms with van der Waals surface area (Å²) in [6, 6.07) is 0. The van der Waals surface area contributed by atoms with Crippen molar-refractivity contribution in [1.82, 2.24) is 0 Å². The van der Waals surface area contributed by atoms with E-state index >= 15 is 0 Å². The minimum absolute atomic E-state index is 0.0833. The largest absolute Gasteiger partial charge is 0.277 e. The molecule has 0 spiro atoms. The Morgan fingerprint density at radius 3 is 2.38 bits per heavy atom. The Morgan fingerprint density at radius 1 is 1.88 bits per heavy atom. The third-order valence-corrected chi connectivity index (χ3v) is 2.40. The maximum atomic E-state index is 5.37. The summed E-state index contributed by atoms with van der Waals surface area (Å²) < 4.78 is 0.0833. The molecular weight excluding hydrogens is 118 g/mol. The fourth-order valence-electron chi connectivity index (χ4n) is 0.276. The summed E-state index contributed by atoms with van der Waals surface area (Å²) >= 11 is 1.35. The first-order valence-electron chi connectivity index (χ1n) is 2.70. The molecule has 1 atom stereocenters. The summed E-state index contributed by atoms with van der Waals surface area (Å²) in [5.74, 6) is 0. The quantitative estimate of drug-likeness (QED) is 0.468. The lowest BCUT2D eigenvalue weighted by Crippen LogP contribution is -2.16. The van der Waals surface area contributed by atoms with Gasteiger partial charge in [0.1, 0.15) is 0 Å². The standard InChI is InChI=1S/C6H13NS/c1-4-6(3,5-2)8-7/h4H,1,5,7H2,2-3H3. The van der Waals surface area contributed by atoms with E-state index in [0.29, 0.717) is 0 Å². The average Bonchev–Trinajstić information content (AvgIpc) is 1.87. The van der Waals surface area contributed by atoms with Gasteiger partial charge in [-0.2, -0.15) is 0 Å². The molecule has 0 aromatic rings. The number of nitrogens with two attached hydrogens (primary N) is 1. The van der Waals surface area contributed by atoms with E-state index in [1.54, 1.807) is 0 Å². The highest BCUT2D eigenvalue weighted by molar-refractivity contribution is 7.98. The minimum atomic E-state index is 0.0833. The van der Waals surface area contributed by atoms with Gasteiger partial charge in [-0.3, -0.25) is 5.14 Å². The monoisotopic (exact) mass is 131 g/mol. The lowest BCUT2D eigenvalue weighted by atomic mass is 10.1. The van der Waals surface area contributed by atoms with E-state index < -0.39 is 0 Å². The van der Waals surface area contributed by atoms with E-state index in [-0.39, 0.29) is 4.75 Å². The molecule has 0 heterocycles. The van der Waals surface area contributed by atoms with Crippen LogP contribution in [0.25, 0.3) is 0 Å². The van der Waals surface area contributed by atoms with Crippen LogP contribution in [0.3, 0.4) is 0 Å². The van der Waals surface area contributed by atoms with Crippen molar-refractivity contribution in [2.45, 2.75) is 25.0 Å². The van der Waals surface area contributed by atoms with Crippen LogP contribution in [0.1, 0.15) is 20.3 Å². The Kier molecular flexibility index (Phi) is 3.17. The molecule has 0 radical (unpaired) electrons. The zero-order valence-corrected chi connectivity index (χ0v) is 6.29. The molecule has 48 valence electrons. The second kappa shape index (κ2) is 3.15. The molecule has 8 heavy (non-hydrogen) atoms. The number of hydrogen-bond donors (Lipinski definition) is 1. The Labute approximate surface area is 55.5 Å². The molecule has 0 amide bonds. The fraction of sp³-hybridized carbons (Fsp3) is 0.667. The van der Waals surface area contributed by atoms with Gasteiger partial charge in [0.25, 0.3) is 0 Å². The number of rotatable bonds is 3. The van der Waals surface area contributed by atoms with Gasteiger partial charge in [0.05, 0.1) is 0 Å². The Bertz CT molecular complexity index is 76.6. The molecule has 0 bridgehead atoms. The summed E-state index contributed by atoms with van der Waals surface area (Å²) in [5, 5.41) is 5.37. The topological polar surface area (TPSA) is 26.0 Å². The minimum Gasteiger partial charge on any atom is -0.277 e. The molecule has 1 nitrogen and oxygen atoms in total.